The van der Waals surface area contributed by atoms with Crippen LogP contribution in [0.25, 0.3) is 0 Å². The summed E-state index contributed by atoms with van der Waals surface area (Å²) in [5.74, 6) is 2.26. The summed E-state index contributed by atoms with van der Waals surface area (Å²) in [4.78, 5) is 29.8. The maximum atomic E-state index is 10.8. The van der Waals surface area contributed by atoms with Gasteiger partial charge in [-0.1, -0.05) is 24.3 Å². The van der Waals surface area contributed by atoms with Gasteiger partial charge < -0.3 is 9.47 Å². The number of ether oxygens (including phenoxy) is 2. The van der Waals surface area contributed by atoms with Crippen LogP contribution in [-0.4, -0.2) is 19.8 Å². The minimum Gasteiger partial charge on any atom is -0.457 e. The summed E-state index contributed by atoms with van der Waals surface area (Å²) in [7, 11) is 0. The first-order valence-electron chi connectivity index (χ1n) is 12.2. The molecule has 5 rings (SSSR count). The average molecular weight is 535 g/mol. The number of non-ortho nitro benzene ring substituents is 2. The van der Waals surface area contributed by atoms with Crippen LogP contribution in [0.4, 0.5) is 11.4 Å². The van der Waals surface area contributed by atoms with Crippen molar-refractivity contribution in [3.63, 3.8) is 0 Å². The third-order valence-corrected chi connectivity index (χ3v) is 6.02. The fourth-order valence-corrected chi connectivity index (χ4v) is 3.97. The van der Waals surface area contributed by atoms with Gasteiger partial charge in [0.05, 0.1) is 21.2 Å². The number of rotatable bonds is 10. The van der Waals surface area contributed by atoms with Gasteiger partial charge in [0.2, 0.25) is 0 Å². The number of hydrogen-bond donors (Lipinski definition) is 0. The van der Waals surface area contributed by atoms with Crippen molar-refractivity contribution in [1.82, 2.24) is 9.97 Å². The second-order valence-corrected chi connectivity index (χ2v) is 8.80. The molecule has 0 aliphatic heterocycles. The molecule has 1 heterocycles. The zero-order chi connectivity index (χ0) is 27.9. The molecule has 10 heteroatoms. The number of nitro benzene ring substituents is 2. The van der Waals surface area contributed by atoms with E-state index in [4.69, 9.17) is 9.47 Å². The van der Waals surface area contributed by atoms with Crippen molar-refractivity contribution in [3.8, 4) is 23.0 Å². The maximum absolute atomic E-state index is 10.8. The van der Waals surface area contributed by atoms with Gasteiger partial charge in [-0.2, -0.15) is 0 Å². The highest BCUT2D eigenvalue weighted by Gasteiger charge is 2.10. The van der Waals surface area contributed by atoms with Crippen molar-refractivity contribution in [1.29, 1.82) is 0 Å². The van der Waals surface area contributed by atoms with Crippen LogP contribution in [0, 0.1) is 20.2 Å². The second kappa shape index (κ2) is 11.8. The third kappa shape index (κ3) is 6.62. The normalized spacial score (nSPS) is 10.6. The molecule has 0 bridgehead atoms. The lowest BCUT2D eigenvalue weighted by Crippen LogP contribution is -2.03. The van der Waals surface area contributed by atoms with Gasteiger partial charge in [-0.3, -0.25) is 30.2 Å². The van der Waals surface area contributed by atoms with Gasteiger partial charge in [-0.05, 0) is 59.7 Å². The molecule has 4 aromatic carbocycles. The Kier molecular flexibility index (Phi) is 7.68. The van der Waals surface area contributed by atoms with E-state index < -0.39 is 9.85 Å². The Bertz CT molecular complexity index is 1500. The van der Waals surface area contributed by atoms with E-state index in [1.807, 2.05) is 48.5 Å². The molecular formula is C30H22N4O6. The molecule has 0 fully saturated rings. The minimum absolute atomic E-state index is 0.00833. The number of hydrogen-bond acceptors (Lipinski definition) is 8. The molecule has 5 aromatic rings. The molecule has 1 aromatic heterocycles. The quantitative estimate of drug-likeness (QED) is 0.137. The molecule has 0 saturated heterocycles. The molecule has 0 spiro atoms. The van der Waals surface area contributed by atoms with Crippen LogP contribution in [0.3, 0.4) is 0 Å². The van der Waals surface area contributed by atoms with Gasteiger partial charge in [0.1, 0.15) is 23.0 Å². The molecule has 0 saturated carbocycles. The lowest BCUT2D eigenvalue weighted by atomic mass is 10.0. The molecule has 198 valence electrons. The van der Waals surface area contributed by atoms with E-state index in [9.17, 15) is 20.2 Å². The van der Waals surface area contributed by atoms with Crippen LogP contribution in [-0.2, 0) is 12.8 Å². The summed E-state index contributed by atoms with van der Waals surface area (Å²) in [5.41, 5.74) is 3.80. The van der Waals surface area contributed by atoms with E-state index in [1.165, 1.54) is 24.3 Å². The van der Waals surface area contributed by atoms with Crippen LogP contribution >= 0.6 is 0 Å². The van der Waals surface area contributed by atoms with Gasteiger partial charge in [-0.25, -0.2) is 0 Å². The molecule has 0 aliphatic carbocycles. The van der Waals surface area contributed by atoms with Crippen LogP contribution in [0.1, 0.15) is 22.5 Å². The summed E-state index contributed by atoms with van der Waals surface area (Å²) in [6.07, 6.45) is 4.52. The van der Waals surface area contributed by atoms with Gasteiger partial charge in [0.15, 0.2) is 0 Å². The van der Waals surface area contributed by atoms with Gasteiger partial charge in [0.25, 0.3) is 11.4 Å². The highest BCUT2D eigenvalue weighted by molar-refractivity contribution is 5.41. The lowest BCUT2D eigenvalue weighted by molar-refractivity contribution is -0.385. The molecule has 0 unspecified atom stereocenters. The number of benzene rings is 4. The van der Waals surface area contributed by atoms with E-state index in [1.54, 1.807) is 36.7 Å². The Morgan fingerprint density at radius 1 is 0.500 bits per heavy atom. The Balaban J connectivity index is 1.21. The fraction of sp³-hybridized carbons (Fsp3) is 0.0667. The van der Waals surface area contributed by atoms with Crippen molar-refractivity contribution in [2.24, 2.45) is 0 Å². The topological polar surface area (TPSA) is 131 Å². The molecule has 40 heavy (non-hydrogen) atoms. The van der Waals surface area contributed by atoms with Crippen molar-refractivity contribution < 1.29 is 19.3 Å². The smallest absolute Gasteiger partial charge is 0.269 e. The standard InChI is InChI=1S/C30H22N4O6/c35-33(36)23-5-13-27(14-6-23)39-25-9-1-21(2-10-25)19-29-30(32-18-17-31-29)20-22-3-11-26(12-4-22)40-28-15-7-24(8-16-28)34(37)38/h1-18H,19-20H2. The lowest BCUT2D eigenvalue weighted by Gasteiger charge is -2.10. The van der Waals surface area contributed by atoms with Crippen LogP contribution in [0.2, 0.25) is 0 Å². The second-order valence-electron chi connectivity index (χ2n) is 8.80. The van der Waals surface area contributed by atoms with Crippen LogP contribution < -0.4 is 9.47 Å². The SMILES string of the molecule is O=[N+]([O-])c1ccc(Oc2ccc(Cc3nccnc3Cc3ccc(Oc4ccc([N+](=O)[O-])cc4)cc3)cc2)cc1. The van der Waals surface area contributed by atoms with Gasteiger partial charge in [0, 0.05) is 49.5 Å². The van der Waals surface area contributed by atoms with Crippen molar-refractivity contribution in [2.75, 3.05) is 0 Å². The average Bonchev–Trinajstić information content (AvgIpc) is 2.97. The number of aromatic nitrogens is 2. The summed E-state index contributed by atoms with van der Waals surface area (Å²) >= 11 is 0. The first-order valence-corrected chi connectivity index (χ1v) is 12.2. The number of nitrogens with zero attached hydrogens (tertiary/aromatic N) is 4. The summed E-state index contributed by atoms with van der Waals surface area (Å²) in [5, 5.41) is 21.6. The molecule has 0 radical (unpaired) electrons. The van der Waals surface area contributed by atoms with Crippen LogP contribution in [0.15, 0.2) is 109 Å². The number of nitro groups is 2. The minimum atomic E-state index is -0.451. The van der Waals surface area contributed by atoms with Gasteiger partial charge in [-0.15, -0.1) is 0 Å². The van der Waals surface area contributed by atoms with E-state index in [-0.39, 0.29) is 11.4 Å². The Morgan fingerprint density at radius 3 is 1.10 bits per heavy atom. The van der Waals surface area contributed by atoms with E-state index >= 15 is 0 Å². The van der Waals surface area contributed by atoms with E-state index in [2.05, 4.69) is 9.97 Å². The predicted molar refractivity (Wildman–Crippen MR) is 147 cm³/mol. The van der Waals surface area contributed by atoms with E-state index in [0.29, 0.717) is 35.8 Å². The zero-order valence-corrected chi connectivity index (χ0v) is 21.0. The van der Waals surface area contributed by atoms with Gasteiger partial charge >= 0.3 is 0 Å². The van der Waals surface area contributed by atoms with Crippen molar-refractivity contribution >= 4 is 11.4 Å². The Hall–Kier alpha value is -5.64. The molecule has 0 aliphatic rings. The Morgan fingerprint density at radius 2 is 0.800 bits per heavy atom. The predicted octanol–water partition coefficient (Wildman–Crippen LogP) is 7.06. The van der Waals surface area contributed by atoms with Crippen molar-refractivity contribution in [3.05, 3.63) is 152 Å². The first kappa shape index (κ1) is 26.0. The van der Waals surface area contributed by atoms with Crippen molar-refractivity contribution in [2.45, 2.75) is 12.8 Å². The zero-order valence-electron chi connectivity index (χ0n) is 21.0. The summed E-state index contributed by atoms with van der Waals surface area (Å²) in [6.45, 7) is 0. The molecule has 10 nitrogen and oxygen atoms in total. The molecular weight excluding hydrogens is 512 g/mol. The molecule has 0 atom stereocenters. The van der Waals surface area contributed by atoms with E-state index in [0.717, 1.165) is 22.5 Å². The molecule has 0 amide bonds. The maximum Gasteiger partial charge on any atom is 0.269 e. The Labute approximate surface area is 228 Å². The third-order valence-electron chi connectivity index (χ3n) is 6.02. The van der Waals surface area contributed by atoms with Crippen LogP contribution in [0.5, 0.6) is 23.0 Å². The fourth-order valence-electron chi connectivity index (χ4n) is 3.97. The monoisotopic (exact) mass is 534 g/mol. The molecule has 0 N–H and O–H groups in total. The highest BCUT2D eigenvalue weighted by atomic mass is 16.6. The summed E-state index contributed by atoms with van der Waals surface area (Å²) < 4.78 is 11.6. The summed E-state index contributed by atoms with van der Waals surface area (Å²) in [6, 6.07) is 27.0. The highest BCUT2D eigenvalue weighted by Crippen LogP contribution is 2.26. The first-order chi connectivity index (χ1) is 19.4. The largest absolute Gasteiger partial charge is 0.457 e.